The van der Waals surface area contributed by atoms with E-state index in [9.17, 15) is 19.5 Å². The fourth-order valence-corrected chi connectivity index (χ4v) is 6.31. The average Bonchev–Trinajstić information content (AvgIpc) is 3.23. The smallest absolute Gasteiger partial charge is 0.250 e. The van der Waals surface area contributed by atoms with Crippen LogP contribution in [-0.4, -0.2) is 45.9 Å². The van der Waals surface area contributed by atoms with Crippen LogP contribution in [-0.2, 0) is 26.3 Å². The van der Waals surface area contributed by atoms with E-state index < -0.39 is 29.5 Å². The third-order valence-electron chi connectivity index (χ3n) is 7.87. The van der Waals surface area contributed by atoms with Gasteiger partial charge < -0.3 is 10.4 Å². The molecule has 5 atom stereocenters. The number of benzene rings is 1. The minimum Gasteiger partial charge on any atom is -0.392 e. The lowest BCUT2D eigenvalue weighted by Gasteiger charge is -2.32. The molecule has 1 aromatic rings. The van der Waals surface area contributed by atoms with Crippen LogP contribution in [0.2, 0.25) is 0 Å². The first kappa shape index (κ1) is 20.6. The van der Waals surface area contributed by atoms with Crippen LogP contribution in [0, 0.1) is 11.8 Å². The second-order valence-electron chi connectivity index (χ2n) is 9.60. The summed E-state index contributed by atoms with van der Waals surface area (Å²) < 4.78 is 0. The van der Waals surface area contributed by atoms with Gasteiger partial charge in [-0.2, -0.15) is 0 Å². The summed E-state index contributed by atoms with van der Waals surface area (Å²) in [6.07, 6.45) is 5.82. The van der Waals surface area contributed by atoms with E-state index in [1.807, 2.05) is 25.1 Å². The van der Waals surface area contributed by atoms with Gasteiger partial charge in [0.25, 0.3) is 0 Å². The molecule has 1 aromatic carbocycles. The van der Waals surface area contributed by atoms with Crippen LogP contribution in [0.4, 0.5) is 5.69 Å². The maximum Gasteiger partial charge on any atom is 0.250 e. The van der Waals surface area contributed by atoms with E-state index in [4.69, 9.17) is 0 Å². The Hall–Kier alpha value is -2.25. The number of amides is 3. The third kappa shape index (κ3) is 2.82. The van der Waals surface area contributed by atoms with Gasteiger partial charge in [0.2, 0.25) is 17.7 Å². The molecule has 166 valence electrons. The van der Waals surface area contributed by atoms with Crippen molar-refractivity contribution >= 4 is 23.4 Å². The van der Waals surface area contributed by atoms with Crippen molar-refractivity contribution in [2.45, 2.75) is 82.5 Å². The SMILES string of the molecule is CCc1ccc2c(c1)[C@@]1(N[C@H]([C@@H](C)O)[C@H]3C(=O)N(C4CCCCCC4)C(=O)[C@H]31)C(=O)N2. The summed E-state index contributed by atoms with van der Waals surface area (Å²) in [6, 6.07) is 5.05. The van der Waals surface area contributed by atoms with Crippen molar-refractivity contribution in [3.63, 3.8) is 0 Å². The highest BCUT2D eigenvalue weighted by atomic mass is 16.3. The molecule has 1 spiro atoms. The summed E-state index contributed by atoms with van der Waals surface area (Å²) >= 11 is 0. The minimum absolute atomic E-state index is 0.106. The molecule has 4 aliphatic rings. The summed E-state index contributed by atoms with van der Waals surface area (Å²) in [5.41, 5.74) is 1.14. The van der Waals surface area contributed by atoms with Crippen molar-refractivity contribution in [3.05, 3.63) is 29.3 Å². The molecule has 7 nitrogen and oxygen atoms in total. The van der Waals surface area contributed by atoms with Crippen LogP contribution in [0.15, 0.2) is 18.2 Å². The van der Waals surface area contributed by atoms with Crippen LogP contribution < -0.4 is 10.6 Å². The number of hydrogen-bond acceptors (Lipinski definition) is 5. The Balaban J connectivity index is 1.63. The molecule has 2 saturated heterocycles. The Kier molecular flexibility index (Phi) is 4.94. The zero-order valence-electron chi connectivity index (χ0n) is 18.2. The minimum atomic E-state index is -1.32. The Bertz CT molecular complexity index is 937. The molecule has 0 unspecified atom stereocenters. The molecule has 3 aliphatic heterocycles. The van der Waals surface area contributed by atoms with Crippen LogP contribution in [0.1, 0.15) is 63.5 Å². The van der Waals surface area contributed by atoms with Crippen molar-refractivity contribution in [2.24, 2.45) is 11.8 Å². The standard InChI is InChI=1S/C24H31N3O4/c1-3-14-10-11-17-16(12-14)24(23(31)25-17)19-18(20(26-24)13(2)28)21(29)27(22(19)30)15-8-6-4-5-7-9-15/h10-13,15,18-20,26,28H,3-9H2,1-2H3,(H,25,31)/t13-,18+,19+,20-,24+/m1/s1. The van der Waals surface area contributed by atoms with E-state index in [0.29, 0.717) is 5.69 Å². The largest absolute Gasteiger partial charge is 0.392 e. The fraction of sp³-hybridized carbons (Fsp3) is 0.625. The van der Waals surface area contributed by atoms with E-state index in [1.165, 1.54) is 4.90 Å². The van der Waals surface area contributed by atoms with Crippen LogP contribution in [0.25, 0.3) is 0 Å². The molecule has 3 N–H and O–H groups in total. The number of likely N-dealkylation sites (tertiary alicyclic amines) is 1. The highest BCUT2D eigenvalue weighted by Crippen LogP contribution is 2.54. The highest BCUT2D eigenvalue weighted by Gasteiger charge is 2.71. The summed E-state index contributed by atoms with van der Waals surface area (Å²) in [4.78, 5) is 42.4. The van der Waals surface area contributed by atoms with Gasteiger partial charge in [0, 0.05) is 23.3 Å². The molecule has 1 aliphatic carbocycles. The molecule has 0 bridgehead atoms. The average molecular weight is 426 g/mol. The molecule has 3 amide bonds. The van der Waals surface area contributed by atoms with E-state index in [1.54, 1.807) is 6.92 Å². The zero-order chi connectivity index (χ0) is 21.9. The first-order valence-electron chi connectivity index (χ1n) is 11.7. The maximum atomic E-state index is 13.9. The number of rotatable bonds is 3. The number of aryl methyl sites for hydroxylation is 1. The number of hydrogen-bond donors (Lipinski definition) is 3. The van der Waals surface area contributed by atoms with Crippen molar-refractivity contribution in [1.29, 1.82) is 0 Å². The predicted octanol–water partition coefficient (Wildman–Crippen LogP) is 2.07. The van der Waals surface area contributed by atoms with Gasteiger partial charge in [0.05, 0.1) is 17.9 Å². The maximum absolute atomic E-state index is 13.9. The number of nitrogens with one attached hydrogen (secondary N) is 2. The molecular formula is C24H31N3O4. The lowest BCUT2D eigenvalue weighted by Crippen LogP contribution is -2.55. The Morgan fingerprint density at radius 3 is 2.48 bits per heavy atom. The van der Waals surface area contributed by atoms with Crippen molar-refractivity contribution in [1.82, 2.24) is 10.2 Å². The van der Waals surface area contributed by atoms with Gasteiger partial charge in [0.15, 0.2) is 0 Å². The molecule has 0 radical (unpaired) electrons. The third-order valence-corrected chi connectivity index (χ3v) is 7.87. The first-order valence-corrected chi connectivity index (χ1v) is 11.7. The topological polar surface area (TPSA) is 98.7 Å². The summed E-state index contributed by atoms with van der Waals surface area (Å²) in [5, 5.41) is 16.8. The number of imide groups is 1. The number of carbonyl (C=O) groups excluding carboxylic acids is 3. The van der Waals surface area contributed by atoms with Crippen molar-refractivity contribution in [2.75, 3.05) is 5.32 Å². The summed E-state index contributed by atoms with van der Waals surface area (Å²) in [5.74, 6) is -2.38. The van der Waals surface area contributed by atoms with E-state index in [-0.39, 0.29) is 23.8 Å². The van der Waals surface area contributed by atoms with Crippen LogP contribution in [0.3, 0.4) is 0 Å². The number of nitrogens with zero attached hydrogens (tertiary/aromatic N) is 1. The zero-order valence-corrected chi connectivity index (χ0v) is 18.2. The molecule has 3 heterocycles. The lowest BCUT2D eigenvalue weighted by atomic mass is 9.76. The monoisotopic (exact) mass is 425 g/mol. The van der Waals surface area contributed by atoms with Crippen molar-refractivity contribution in [3.8, 4) is 0 Å². The van der Waals surface area contributed by atoms with Gasteiger partial charge >= 0.3 is 0 Å². The van der Waals surface area contributed by atoms with Crippen LogP contribution in [0.5, 0.6) is 0 Å². The summed E-state index contributed by atoms with van der Waals surface area (Å²) in [7, 11) is 0. The second kappa shape index (κ2) is 7.41. The molecular weight excluding hydrogens is 394 g/mol. The second-order valence-corrected chi connectivity index (χ2v) is 9.60. The molecule has 1 saturated carbocycles. The Morgan fingerprint density at radius 1 is 1.13 bits per heavy atom. The number of fused-ring (bicyclic) bond motifs is 4. The molecule has 7 heteroatoms. The number of anilines is 1. The number of aliphatic hydroxyl groups is 1. The fourth-order valence-electron chi connectivity index (χ4n) is 6.31. The Labute approximate surface area is 182 Å². The molecule has 0 aromatic heterocycles. The Morgan fingerprint density at radius 2 is 1.84 bits per heavy atom. The predicted molar refractivity (Wildman–Crippen MR) is 115 cm³/mol. The molecule has 5 rings (SSSR count). The van der Waals surface area contributed by atoms with E-state index >= 15 is 0 Å². The quantitative estimate of drug-likeness (QED) is 0.509. The van der Waals surface area contributed by atoms with Gasteiger partial charge in [-0.25, -0.2) is 0 Å². The van der Waals surface area contributed by atoms with Gasteiger partial charge in [-0.05, 0) is 37.8 Å². The van der Waals surface area contributed by atoms with Crippen LogP contribution >= 0.6 is 0 Å². The van der Waals surface area contributed by atoms with Gasteiger partial charge in [-0.3, -0.25) is 24.6 Å². The first-order chi connectivity index (χ1) is 14.9. The van der Waals surface area contributed by atoms with E-state index in [0.717, 1.165) is 56.1 Å². The van der Waals surface area contributed by atoms with Crippen molar-refractivity contribution < 1.29 is 19.5 Å². The van der Waals surface area contributed by atoms with Gasteiger partial charge in [0.1, 0.15) is 5.54 Å². The number of aliphatic hydroxyl groups excluding tert-OH is 1. The van der Waals surface area contributed by atoms with E-state index in [2.05, 4.69) is 10.6 Å². The molecule has 3 fully saturated rings. The number of carbonyl (C=O) groups is 3. The summed E-state index contributed by atoms with van der Waals surface area (Å²) in [6.45, 7) is 3.66. The lowest BCUT2D eigenvalue weighted by molar-refractivity contribution is -0.146. The molecule has 31 heavy (non-hydrogen) atoms. The van der Waals surface area contributed by atoms with Gasteiger partial charge in [-0.15, -0.1) is 0 Å². The van der Waals surface area contributed by atoms with Gasteiger partial charge in [-0.1, -0.05) is 44.7 Å². The normalized spacial score (nSPS) is 34.1. The highest BCUT2D eigenvalue weighted by molar-refractivity contribution is 6.15.